The molecule has 0 bridgehead atoms. The fraction of sp³-hybridized carbons (Fsp3) is 0.364. The zero-order valence-electron chi connectivity index (χ0n) is 11.0. The number of nitrogens with one attached hydrogen (secondary N) is 1. The average molecular weight is 285 g/mol. The minimum Gasteiger partial charge on any atom is -0.493 e. The van der Waals surface area contributed by atoms with Crippen LogP contribution in [-0.4, -0.2) is 42.8 Å². The van der Waals surface area contributed by atoms with Gasteiger partial charge in [0.2, 0.25) is 5.91 Å². The van der Waals surface area contributed by atoms with Crippen LogP contribution in [0, 0.1) is 10.1 Å². The maximum atomic E-state index is 11.0. The van der Waals surface area contributed by atoms with Crippen LogP contribution in [0.4, 0.5) is 11.4 Å². The number of benzene rings is 1. The molecule has 20 heavy (non-hydrogen) atoms. The number of hydrogen-bond donors (Lipinski definition) is 3. The zero-order chi connectivity index (χ0) is 15.3. The van der Waals surface area contributed by atoms with Crippen LogP contribution in [0.25, 0.3) is 0 Å². The highest BCUT2D eigenvalue weighted by Gasteiger charge is 2.20. The number of nitro groups is 1. The molecule has 0 spiro atoms. The number of aliphatic hydroxyl groups is 1. The summed E-state index contributed by atoms with van der Waals surface area (Å²) >= 11 is 0. The Morgan fingerprint density at radius 1 is 1.45 bits per heavy atom. The molecule has 0 saturated carbocycles. The number of carbonyl (C=O) groups is 1. The van der Waals surface area contributed by atoms with Crippen molar-refractivity contribution >= 4 is 17.3 Å². The van der Waals surface area contributed by atoms with E-state index in [2.05, 4.69) is 5.32 Å². The lowest BCUT2D eigenvalue weighted by atomic mass is 10.2. The van der Waals surface area contributed by atoms with Gasteiger partial charge >= 0.3 is 0 Å². The number of carbonyl (C=O) groups excluding carboxylic acids is 1. The van der Waals surface area contributed by atoms with Gasteiger partial charge in [0, 0.05) is 6.07 Å². The third kappa shape index (κ3) is 3.48. The van der Waals surface area contributed by atoms with Gasteiger partial charge in [0.05, 0.1) is 31.8 Å². The summed E-state index contributed by atoms with van der Waals surface area (Å²) in [5, 5.41) is 22.8. The van der Waals surface area contributed by atoms with E-state index < -0.39 is 16.9 Å². The Hall–Kier alpha value is -2.55. The van der Waals surface area contributed by atoms with Crippen molar-refractivity contribution in [1.29, 1.82) is 0 Å². The van der Waals surface area contributed by atoms with Crippen LogP contribution in [0.5, 0.6) is 11.5 Å². The predicted molar refractivity (Wildman–Crippen MR) is 69.9 cm³/mol. The Kier molecular flexibility index (Phi) is 5.09. The molecule has 9 nitrogen and oxygen atoms in total. The second-order valence-electron chi connectivity index (χ2n) is 3.78. The van der Waals surface area contributed by atoms with E-state index in [1.54, 1.807) is 0 Å². The number of aliphatic hydroxyl groups excluding tert-OH is 1. The van der Waals surface area contributed by atoms with Crippen molar-refractivity contribution < 1.29 is 24.3 Å². The fourth-order valence-corrected chi connectivity index (χ4v) is 1.47. The smallest absolute Gasteiger partial charge is 0.296 e. The summed E-state index contributed by atoms with van der Waals surface area (Å²) in [4.78, 5) is 21.1. The fourth-order valence-electron chi connectivity index (χ4n) is 1.47. The van der Waals surface area contributed by atoms with Gasteiger partial charge in [0.15, 0.2) is 11.5 Å². The number of amides is 1. The van der Waals surface area contributed by atoms with Crippen molar-refractivity contribution in [2.75, 3.05) is 26.1 Å². The van der Waals surface area contributed by atoms with Crippen molar-refractivity contribution in [3.05, 3.63) is 22.2 Å². The number of nitrogens with zero attached hydrogens (tertiary/aromatic N) is 1. The van der Waals surface area contributed by atoms with Gasteiger partial charge in [-0.1, -0.05) is 0 Å². The highest BCUT2D eigenvalue weighted by molar-refractivity contribution is 5.79. The molecule has 1 atom stereocenters. The van der Waals surface area contributed by atoms with Gasteiger partial charge in [-0.2, -0.15) is 0 Å². The summed E-state index contributed by atoms with van der Waals surface area (Å²) in [6.45, 7) is -0.258. The Bertz CT molecular complexity index is 519. The van der Waals surface area contributed by atoms with Gasteiger partial charge in [-0.3, -0.25) is 14.9 Å². The summed E-state index contributed by atoms with van der Waals surface area (Å²) in [7, 11) is 2.73. The van der Waals surface area contributed by atoms with E-state index in [0.29, 0.717) is 0 Å². The van der Waals surface area contributed by atoms with Gasteiger partial charge in [0.1, 0.15) is 11.8 Å². The van der Waals surface area contributed by atoms with Crippen molar-refractivity contribution in [3.63, 3.8) is 0 Å². The number of nitrogens with two attached hydrogens (primary N) is 1. The number of hydrogen-bond acceptors (Lipinski definition) is 7. The molecule has 0 saturated heterocycles. The van der Waals surface area contributed by atoms with Gasteiger partial charge in [-0.05, 0) is 0 Å². The average Bonchev–Trinajstić information content (AvgIpc) is 2.43. The first-order valence-electron chi connectivity index (χ1n) is 5.52. The van der Waals surface area contributed by atoms with Gasteiger partial charge in [0.25, 0.3) is 5.69 Å². The van der Waals surface area contributed by atoms with Crippen molar-refractivity contribution in [2.24, 2.45) is 5.73 Å². The standard InChI is InChI=1S/C11H15N3O6/c1-19-9-3-6(13-5-8(15)11(12)16)7(14(17)18)4-10(9)20-2/h3-4,8,13,15H,5H2,1-2H3,(H2,12,16). The monoisotopic (exact) mass is 285 g/mol. The normalized spacial score (nSPS) is 11.6. The van der Waals surface area contributed by atoms with E-state index in [1.807, 2.05) is 0 Å². The Morgan fingerprint density at radius 2 is 2.00 bits per heavy atom. The lowest BCUT2D eigenvalue weighted by Gasteiger charge is -2.13. The summed E-state index contributed by atoms with van der Waals surface area (Å²) in [5.41, 5.74) is 4.69. The molecular weight excluding hydrogens is 270 g/mol. The van der Waals surface area contributed by atoms with E-state index in [1.165, 1.54) is 26.4 Å². The molecule has 0 aliphatic carbocycles. The molecule has 1 amide bonds. The summed E-state index contributed by atoms with van der Waals surface area (Å²) in [6, 6.07) is 2.52. The van der Waals surface area contributed by atoms with Crippen molar-refractivity contribution in [2.45, 2.75) is 6.10 Å². The van der Waals surface area contributed by atoms with E-state index in [9.17, 15) is 20.0 Å². The predicted octanol–water partition coefficient (Wildman–Crippen LogP) is -0.130. The van der Waals surface area contributed by atoms with Gasteiger partial charge < -0.3 is 25.6 Å². The summed E-state index contributed by atoms with van der Waals surface area (Å²) in [5.74, 6) is -0.463. The maximum Gasteiger partial charge on any atom is 0.296 e. The molecule has 1 aromatic rings. The third-order valence-corrected chi connectivity index (χ3v) is 2.51. The summed E-state index contributed by atoms with van der Waals surface area (Å²) in [6.07, 6.45) is -1.46. The van der Waals surface area contributed by atoms with Crippen LogP contribution in [0.15, 0.2) is 12.1 Å². The molecule has 0 heterocycles. The molecule has 1 unspecified atom stereocenters. The van der Waals surface area contributed by atoms with Crippen molar-refractivity contribution in [3.8, 4) is 11.5 Å². The SMILES string of the molecule is COc1cc(NCC(O)C(N)=O)c([N+](=O)[O-])cc1OC. The molecule has 9 heteroatoms. The molecule has 4 N–H and O–H groups in total. The number of anilines is 1. The molecular formula is C11H15N3O6. The molecule has 0 aliphatic heterocycles. The third-order valence-electron chi connectivity index (χ3n) is 2.51. The van der Waals surface area contributed by atoms with Crippen molar-refractivity contribution in [1.82, 2.24) is 0 Å². The van der Waals surface area contributed by atoms with Gasteiger partial charge in [-0.25, -0.2) is 0 Å². The van der Waals surface area contributed by atoms with Crippen LogP contribution < -0.4 is 20.5 Å². The minimum atomic E-state index is -1.46. The number of ether oxygens (including phenoxy) is 2. The Labute approximate surface area is 114 Å². The van der Waals surface area contributed by atoms with Gasteiger partial charge in [-0.15, -0.1) is 0 Å². The lowest BCUT2D eigenvalue weighted by Crippen LogP contribution is -2.34. The number of primary amides is 1. The van der Waals surface area contributed by atoms with E-state index in [-0.39, 0.29) is 29.4 Å². The number of methoxy groups -OCH3 is 2. The van der Waals surface area contributed by atoms with Crippen LogP contribution in [0.1, 0.15) is 0 Å². The van der Waals surface area contributed by atoms with Crippen LogP contribution in [-0.2, 0) is 4.79 Å². The topological polar surface area (TPSA) is 137 Å². The molecule has 0 radical (unpaired) electrons. The zero-order valence-corrected chi connectivity index (χ0v) is 11.0. The first-order chi connectivity index (χ1) is 9.40. The van der Waals surface area contributed by atoms with E-state index in [0.717, 1.165) is 0 Å². The minimum absolute atomic E-state index is 0.0768. The highest BCUT2D eigenvalue weighted by atomic mass is 16.6. The molecule has 110 valence electrons. The number of rotatable bonds is 7. The number of nitro benzene ring substituents is 1. The lowest BCUT2D eigenvalue weighted by molar-refractivity contribution is -0.384. The second kappa shape index (κ2) is 6.57. The quantitative estimate of drug-likeness (QED) is 0.468. The van der Waals surface area contributed by atoms with E-state index in [4.69, 9.17) is 15.2 Å². The van der Waals surface area contributed by atoms with E-state index >= 15 is 0 Å². The Morgan fingerprint density at radius 3 is 2.45 bits per heavy atom. The largest absolute Gasteiger partial charge is 0.493 e. The molecule has 1 aromatic carbocycles. The summed E-state index contributed by atoms with van der Waals surface area (Å²) < 4.78 is 9.99. The first kappa shape index (κ1) is 15.5. The second-order valence-corrected chi connectivity index (χ2v) is 3.78. The maximum absolute atomic E-state index is 11.0. The van der Waals surface area contributed by atoms with Crippen LogP contribution in [0.2, 0.25) is 0 Å². The Balaban J connectivity index is 3.09. The van der Waals surface area contributed by atoms with Crippen LogP contribution >= 0.6 is 0 Å². The molecule has 1 rings (SSSR count). The highest BCUT2D eigenvalue weighted by Crippen LogP contribution is 2.37. The molecule has 0 aliphatic rings. The first-order valence-corrected chi connectivity index (χ1v) is 5.52. The molecule has 0 aromatic heterocycles. The molecule has 0 fully saturated rings. The van der Waals surface area contributed by atoms with Crippen LogP contribution in [0.3, 0.4) is 0 Å².